The molecule has 7 heteroatoms. The molecule has 2 rings (SSSR count). The number of amides is 1. The minimum absolute atomic E-state index is 0.0213. The lowest BCUT2D eigenvalue weighted by atomic mass is 9.85. The first-order chi connectivity index (χ1) is 15.2. The van der Waals surface area contributed by atoms with Crippen molar-refractivity contribution in [2.24, 2.45) is 0 Å². The van der Waals surface area contributed by atoms with Gasteiger partial charge in [-0.1, -0.05) is 47.5 Å². The molecule has 0 aromatic heterocycles. The highest BCUT2D eigenvalue weighted by Crippen LogP contribution is 2.34. The lowest BCUT2D eigenvalue weighted by Crippen LogP contribution is -2.52. The van der Waals surface area contributed by atoms with E-state index in [1.807, 2.05) is 57.2 Å². The third-order valence-corrected chi connectivity index (χ3v) is 6.09. The van der Waals surface area contributed by atoms with Crippen LogP contribution in [0.15, 0.2) is 36.4 Å². The molecule has 0 saturated carbocycles. The predicted octanol–water partition coefficient (Wildman–Crippen LogP) is 6.63. The molecule has 0 fully saturated rings. The van der Waals surface area contributed by atoms with E-state index in [0.29, 0.717) is 16.3 Å². The van der Waals surface area contributed by atoms with E-state index in [9.17, 15) is 9.59 Å². The molecule has 0 unspecified atom stereocenters. The Labute approximate surface area is 206 Å². The van der Waals surface area contributed by atoms with Gasteiger partial charge in [0.25, 0.3) is 0 Å². The van der Waals surface area contributed by atoms with Gasteiger partial charge in [0.05, 0.1) is 12.7 Å². The van der Waals surface area contributed by atoms with Crippen molar-refractivity contribution in [2.75, 3.05) is 6.61 Å². The van der Waals surface area contributed by atoms with Crippen molar-refractivity contribution in [3.05, 3.63) is 68.7 Å². The van der Waals surface area contributed by atoms with Crippen molar-refractivity contribution in [3.63, 3.8) is 0 Å². The van der Waals surface area contributed by atoms with E-state index in [0.717, 1.165) is 22.3 Å². The average Bonchev–Trinajstić information content (AvgIpc) is 2.70. The van der Waals surface area contributed by atoms with E-state index >= 15 is 0 Å². The second-order valence-electron chi connectivity index (χ2n) is 9.67. The number of benzene rings is 2. The third-order valence-electron chi connectivity index (χ3n) is 5.24. The smallest absolute Gasteiger partial charge is 0.408 e. The fourth-order valence-electron chi connectivity index (χ4n) is 3.49. The van der Waals surface area contributed by atoms with Crippen LogP contribution in [0.4, 0.5) is 4.79 Å². The molecule has 2 atom stereocenters. The number of carbonyl (C=O) groups excluding carboxylic acids is 2. The summed E-state index contributed by atoms with van der Waals surface area (Å²) < 4.78 is 11.5. The number of hydrogen-bond acceptors (Lipinski definition) is 4. The zero-order chi connectivity index (χ0) is 25.0. The van der Waals surface area contributed by atoms with Gasteiger partial charge in [0, 0.05) is 16.0 Å². The molecule has 1 amide bonds. The molecular weight excluding hydrogens is 461 g/mol. The molecule has 5 nitrogen and oxygen atoms in total. The molecule has 0 bridgehead atoms. The quantitative estimate of drug-likeness (QED) is 0.419. The third kappa shape index (κ3) is 7.73. The Balaban J connectivity index is 2.29. The normalized spacial score (nSPS) is 14.5. The maximum atomic E-state index is 12.2. The number of alkyl carbamates (subject to hydrolysis) is 1. The maximum Gasteiger partial charge on any atom is 0.408 e. The van der Waals surface area contributed by atoms with Gasteiger partial charge in [-0.15, -0.1) is 0 Å². The van der Waals surface area contributed by atoms with E-state index in [2.05, 4.69) is 5.32 Å². The van der Waals surface area contributed by atoms with Crippen LogP contribution in [0.25, 0.3) is 0 Å². The lowest BCUT2D eigenvalue weighted by molar-refractivity contribution is -0.116. The van der Waals surface area contributed by atoms with E-state index in [4.69, 9.17) is 32.7 Å². The molecule has 2 aromatic rings. The summed E-state index contributed by atoms with van der Waals surface area (Å²) in [6.07, 6.45) is -0.338. The first kappa shape index (κ1) is 27.2. The zero-order valence-electron chi connectivity index (χ0n) is 20.3. The summed E-state index contributed by atoms with van der Waals surface area (Å²) in [6.45, 7) is 12.7. The van der Waals surface area contributed by atoms with Crippen LogP contribution >= 0.6 is 23.2 Å². The fraction of sp³-hybridized carbons (Fsp3) is 0.462. The van der Waals surface area contributed by atoms with Crippen molar-refractivity contribution < 1.29 is 19.1 Å². The second-order valence-corrected chi connectivity index (χ2v) is 10.5. The maximum absolute atomic E-state index is 12.2. The molecule has 0 heterocycles. The molecule has 0 aliphatic heterocycles. The molecular formula is C26H33Cl2NO4. The number of aryl methyl sites for hydroxylation is 2. The Kier molecular flexibility index (Phi) is 8.97. The summed E-state index contributed by atoms with van der Waals surface area (Å²) in [6, 6.07) is 11.8. The van der Waals surface area contributed by atoms with Gasteiger partial charge in [0.15, 0.2) is 0 Å². The fourth-order valence-corrected chi connectivity index (χ4v) is 3.73. The Hall–Kier alpha value is -2.08. The lowest BCUT2D eigenvalue weighted by Gasteiger charge is -2.31. The van der Waals surface area contributed by atoms with Crippen LogP contribution < -0.4 is 5.32 Å². The topological polar surface area (TPSA) is 64.6 Å². The SMILES string of the molecule is Cc1cc(C(c2ccc(Cl)c(C)c2)[C@H](C)OC[C@](C)(C=O)NC(=O)OC(C)(C)C)ccc1Cl. The van der Waals surface area contributed by atoms with Crippen LogP contribution in [-0.2, 0) is 14.3 Å². The predicted molar refractivity (Wildman–Crippen MR) is 133 cm³/mol. The first-order valence-electron chi connectivity index (χ1n) is 10.9. The monoisotopic (exact) mass is 493 g/mol. The van der Waals surface area contributed by atoms with Gasteiger partial charge >= 0.3 is 6.09 Å². The van der Waals surface area contributed by atoms with Crippen LogP contribution in [0, 0.1) is 13.8 Å². The van der Waals surface area contributed by atoms with Crippen LogP contribution in [0.2, 0.25) is 10.0 Å². The number of nitrogens with one attached hydrogen (secondary N) is 1. The van der Waals surface area contributed by atoms with Crippen molar-refractivity contribution >= 4 is 35.6 Å². The van der Waals surface area contributed by atoms with Gasteiger partial charge in [0.1, 0.15) is 17.4 Å². The van der Waals surface area contributed by atoms with Gasteiger partial charge in [-0.05, 0) is 82.9 Å². The van der Waals surface area contributed by atoms with Crippen molar-refractivity contribution in [2.45, 2.75) is 71.6 Å². The molecule has 2 aromatic carbocycles. The highest BCUT2D eigenvalue weighted by Gasteiger charge is 2.32. The van der Waals surface area contributed by atoms with Crippen LogP contribution in [0.3, 0.4) is 0 Å². The molecule has 0 spiro atoms. The largest absolute Gasteiger partial charge is 0.444 e. The van der Waals surface area contributed by atoms with Crippen LogP contribution in [0.5, 0.6) is 0 Å². The summed E-state index contributed by atoms with van der Waals surface area (Å²) in [5, 5.41) is 3.99. The number of aldehydes is 1. The Morgan fingerprint density at radius 3 is 1.88 bits per heavy atom. The summed E-state index contributed by atoms with van der Waals surface area (Å²) in [7, 11) is 0. The van der Waals surface area contributed by atoms with E-state index in [-0.39, 0.29) is 18.6 Å². The molecule has 0 saturated heterocycles. The highest BCUT2D eigenvalue weighted by molar-refractivity contribution is 6.31. The molecule has 33 heavy (non-hydrogen) atoms. The van der Waals surface area contributed by atoms with Gasteiger partial charge in [-0.3, -0.25) is 0 Å². The first-order valence-corrected chi connectivity index (χ1v) is 11.6. The van der Waals surface area contributed by atoms with Gasteiger partial charge < -0.3 is 19.6 Å². The van der Waals surface area contributed by atoms with E-state index < -0.39 is 17.2 Å². The number of hydrogen-bond donors (Lipinski definition) is 1. The van der Waals surface area contributed by atoms with E-state index in [1.54, 1.807) is 27.7 Å². The summed E-state index contributed by atoms with van der Waals surface area (Å²) in [5.41, 5.74) is 2.06. The minimum Gasteiger partial charge on any atom is -0.444 e. The molecule has 0 aliphatic carbocycles. The number of halogens is 2. The summed E-state index contributed by atoms with van der Waals surface area (Å²) >= 11 is 12.5. The Bertz CT molecular complexity index is 951. The zero-order valence-corrected chi connectivity index (χ0v) is 21.8. The van der Waals surface area contributed by atoms with Crippen LogP contribution in [-0.4, -0.2) is 36.2 Å². The second kappa shape index (κ2) is 10.9. The highest BCUT2D eigenvalue weighted by atomic mass is 35.5. The molecule has 0 radical (unpaired) electrons. The molecule has 180 valence electrons. The van der Waals surface area contributed by atoms with Crippen molar-refractivity contribution in [1.29, 1.82) is 0 Å². The molecule has 1 N–H and O–H groups in total. The van der Waals surface area contributed by atoms with Gasteiger partial charge in [-0.25, -0.2) is 4.79 Å². The average molecular weight is 494 g/mol. The standard InChI is InChI=1S/C26H33Cl2NO4/c1-16-12-19(8-10-21(16)27)23(20-9-11-22(28)17(2)13-20)18(3)32-15-26(7,14-30)29-24(31)33-25(4,5)6/h8-14,18,23H,15H2,1-7H3,(H,29,31)/t18-,26-/m0/s1. The number of rotatable bonds is 8. The van der Waals surface area contributed by atoms with E-state index in [1.165, 1.54) is 0 Å². The Morgan fingerprint density at radius 2 is 1.48 bits per heavy atom. The van der Waals surface area contributed by atoms with Gasteiger partial charge in [0.2, 0.25) is 0 Å². The van der Waals surface area contributed by atoms with Crippen LogP contribution in [0.1, 0.15) is 62.8 Å². The van der Waals surface area contributed by atoms with Crippen molar-refractivity contribution in [3.8, 4) is 0 Å². The van der Waals surface area contributed by atoms with Crippen molar-refractivity contribution in [1.82, 2.24) is 5.32 Å². The minimum atomic E-state index is -1.24. The number of carbonyl (C=O) groups is 2. The van der Waals surface area contributed by atoms with Gasteiger partial charge in [-0.2, -0.15) is 0 Å². The molecule has 0 aliphatic rings. The summed E-state index contributed by atoms with van der Waals surface area (Å²) in [4.78, 5) is 24.1. The Morgan fingerprint density at radius 1 is 1.00 bits per heavy atom. The summed E-state index contributed by atoms with van der Waals surface area (Å²) in [5.74, 6) is -0.144. The number of ether oxygens (including phenoxy) is 2.